The van der Waals surface area contributed by atoms with Crippen molar-refractivity contribution in [2.45, 2.75) is 52.1 Å². The third-order valence-electron chi connectivity index (χ3n) is 6.11. The van der Waals surface area contributed by atoms with Gasteiger partial charge in [-0.15, -0.1) is 0 Å². The van der Waals surface area contributed by atoms with Crippen LogP contribution in [0.25, 0.3) is 0 Å². The van der Waals surface area contributed by atoms with Crippen molar-refractivity contribution in [2.75, 3.05) is 11.9 Å². The van der Waals surface area contributed by atoms with Crippen LogP contribution in [-0.4, -0.2) is 44.6 Å². The second-order valence-electron chi connectivity index (χ2n) is 9.67. The third kappa shape index (κ3) is 4.33. The van der Waals surface area contributed by atoms with Crippen molar-refractivity contribution >= 4 is 23.5 Å². The highest BCUT2D eigenvalue weighted by Crippen LogP contribution is 2.46. The highest BCUT2D eigenvalue weighted by atomic mass is 16.2. The van der Waals surface area contributed by atoms with Gasteiger partial charge in [-0.2, -0.15) is 5.10 Å². The molecule has 2 N–H and O–H groups in total. The Bertz CT molecular complexity index is 1000. The number of carbonyl (C=O) groups excluding carboxylic acids is 3. The molecule has 8 nitrogen and oxygen atoms in total. The van der Waals surface area contributed by atoms with E-state index in [-0.39, 0.29) is 17.9 Å². The van der Waals surface area contributed by atoms with Crippen LogP contribution in [0, 0.1) is 11.3 Å². The Kier molecular flexibility index (Phi) is 5.33. The number of para-hydroxylation sites is 1. The van der Waals surface area contributed by atoms with Crippen LogP contribution in [0.15, 0.2) is 42.7 Å². The van der Waals surface area contributed by atoms with E-state index in [0.29, 0.717) is 31.0 Å². The fourth-order valence-electron chi connectivity index (χ4n) is 5.33. The molecule has 2 aromatic rings. The molecule has 31 heavy (non-hydrogen) atoms. The average Bonchev–Trinajstić information content (AvgIpc) is 3.24. The molecule has 2 heterocycles. The summed E-state index contributed by atoms with van der Waals surface area (Å²) in [4.78, 5) is 39.7. The number of rotatable bonds is 5. The Morgan fingerprint density at radius 1 is 1.23 bits per heavy atom. The number of nitrogens with one attached hydrogen (secondary N) is 2. The molecule has 4 amide bonds. The molecule has 164 valence electrons. The zero-order valence-corrected chi connectivity index (χ0v) is 18.2. The second kappa shape index (κ2) is 7.83. The molecule has 1 aromatic carbocycles. The molecular formula is C23H29N5O3. The van der Waals surface area contributed by atoms with Crippen LogP contribution in [0.3, 0.4) is 0 Å². The lowest BCUT2D eigenvalue weighted by Gasteiger charge is -2.43. The van der Waals surface area contributed by atoms with Gasteiger partial charge in [0, 0.05) is 18.1 Å². The molecule has 1 aromatic heterocycles. The van der Waals surface area contributed by atoms with Gasteiger partial charge in [0.25, 0.3) is 5.91 Å². The van der Waals surface area contributed by atoms with Gasteiger partial charge >= 0.3 is 6.03 Å². The number of imide groups is 1. The van der Waals surface area contributed by atoms with Crippen LogP contribution in [0.1, 0.15) is 45.6 Å². The number of urea groups is 1. The number of nitrogens with zero attached hydrogens (tertiary/aromatic N) is 3. The van der Waals surface area contributed by atoms with Crippen LogP contribution in [0.5, 0.6) is 0 Å². The largest absolute Gasteiger partial charge is 0.325 e. The smallest absolute Gasteiger partial charge is 0.324 e. The first kappa shape index (κ1) is 21.1. The fraction of sp³-hybridized carbons (Fsp3) is 0.478. The number of benzene rings is 1. The number of anilines is 1. The summed E-state index contributed by atoms with van der Waals surface area (Å²) in [5.41, 5.74) is 0.564. The standard InChI is InChI=1S/C23H29N5O3/c1-16-11-22(2,3)15-23(12-16)20(30)28(21(31)26-23)14-19(29)25-18-8-5-4-7-17(18)13-27-10-6-9-24-27/h4-10,16H,11-15H2,1-3H3,(H,25,29)(H,26,31). The quantitative estimate of drug-likeness (QED) is 0.723. The first-order chi connectivity index (χ1) is 14.7. The Morgan fingerprint density at radius 2 is 2.00 bits per heavy atom. The lowest BCUT2D eigenvalue weighted by Crippen LogP contribution is -2.54. The van der Waals surface area contributed by atoms with E-state index in [1.165, 1.54) is 0 Å². The maximum Gasteiger partial charge on any atom is 0.325 e. The average molecular weight is 424 g/mol. The minimum absolute atomic E-state index is 0.0513. The molecular weight excluding hydrogens is 394 g/mol. The van der Waals surface area contributed by atoms with Gasteiger partial charge in [0.2, 0.25) is 5.91 Å². The predicted octanol–water partition coefficient (Wildman–Crippen LogP) is 3.01. The van der Waals surface area contributed by atoms with E-state index in [1.807, 2.05) is 30.5 Å². The molecule has 4 rings (SSSR count). The summed E-state index contributed by atoms with van der Waals surface area (Å²) in [6.45, 7) is 6.54. The molecule has 1 spiro atoms. The summed E-state index contributed by atoms with van der Waals surface area (Å²) in [5, 5.41) is 9.96. The van der Waals surface area contributed by atoms with Gasteiger partial charge in [-0.1, -0.05) is 39.0 Å². The van der Waals surface area contributed by atoms with Crippen LogP contribution in [-0.2, 0) is 16.1 Å². The normalized spacial score (nSPS) is 25.0. The summed E-state index contributed by atoms with van der Waals surface area (Å²) in [7, 11) is 0. The Balaban J connectivity index is 1.46. The molecule has 1 aliphatic heterocycles. The van der Waals surface area contributed by atoms with E-state index >= 15 is 0 Å². The minimum Gasteiger partial charge on any atom is -0.324 e. The zero-order valence-electron chi connectivity index (χ0n) is 18.2. The monoisotopic (exact) mass is 423 g/mol. The summed E-state index contributed by atoms with van der Waals surface area (Å²) in [6.07, 6.45) is 5.73. The predicted molar refractivity (Wildman–Crippen MR) is 116 cm³/mol. The van der Waals surface area contributed by atoms with E-state index in [2.05, 4.69) is 36.5 Å². The lowest BCUT2D eigenvalue weighted by molar-refractivity contribution is -0.136. The van der Waals surface area contributed by atoms with E-state index in [0.717, 1.165) is 16.9 Å². The molecule has 1 aliphatic carbocycles. The van der Waals surface area contributed by atoms with Crippen LogP contribution in [0.2, 0.25) is 0 Å². The molecule has 2 atom stereocenters. The molecule has 2 fully saturated rings. The highest BCUT2D eigenvalue weighted by Gasteiger charge is 2.56. The van der Waals surface area contributed by atoms with Crippen molar-refractivity contribution < 1.29 is 14.4 Å². The van der Waals surface area contributed by atoms with Gasteiger partial charge in [0.1, 0.15) is 12.1 Å². The SMILES string of the molecule is CC1CC(C)(C)CC2(C1)NC(=O)N(CC(=O)Nc1ccccc1Cn1cccn1)C2=O. The van der Waals surface area contributed by atoms with Crippen LogP contribution in [0.4, 0.5) is 10.5 Å². The van der Waals surface area contributed by atoms with Gasteiger partial charge in [0.15, 0.2) is 0 Å². The molecule has 1 saturated heterocycles. The van der Waals surface area contributed by atoms with Crippen molar-refractivity contribution in [3.63, 3.8) is 0 Å². The summed E-state index contributed by atoms with van der Waals surface area (Å²) in [6, 6.07) is 8.77. The van der Waals surface area contributed by atoms with Crippen molar-refractivity contribution in [1.29, 1.82) is 0 Å². The Labute approximate surface area is 182 Å². The lowest BCUT2D eigenvalue weighted by atomic mass is 9.64. The number of amides is 4. The summed E-state index contributed by atoms with van der Waals surface area (Å²) in [5.74, 6) is -0.385. The third-order valence-corrected chi connectivity index (χ3v) is 6.11. The van der Waals surface area contributed by atoms with E-state index in [9.17, 15) is 14.4 Å². The first-order valence-corrected chi connectivity index (χ1v) is 10.7. The highest BCUT2D eigenvalue weighted by molar-refractivity contribution is 6.10. The van der Waals surface area contributed by atoms with Crippen LogP contribution < -0.4 is 10.6 Å². The number of aromatic nitrogens is 2. The molecule has 1 saturated carbocycles. The first-order valence-electron chi connectivity index (χ1n) is 10.7. The van der Waals surface area contributed by atoms with Gasteiger partial charge in [-0.25, -0.2) is 4.79 Å². The van der Waals surface area contributed by atoms with E-state index < -0.39 is 17.5 Å². The van der Waals surface area contributed by atoms with Gasteiger partial charge in [0.05, 0.1) is 6.54 Å². The van der Waals surface area contributed by atoms with Crippen LogP contribution >= 0.6 is 0 Å². The maximum absolute atomic E-state index is 13.2. The van der Waals surface area contributed by atoms with Crippen molar-refractivity contribution in [3.8, 4) is 0 Å². The number of hydrogen-bond donors (Lipinski definition) is 2. The fourth-order valence-corrected chi connectivity index (χ4v) is 5.33. The summed E-state index contributed by atoms with van der Waals surface area (Å²) >= 11 is 0. The Hall–Kier alpha value is -3.16. The van der Waals surface area contributed by atoms with Gasteiger partial charge in [-0.3, -0.25) is 19.2 Å². The molecule has 2 unspecified atom stereocenters. The van der Waals surface area contributed by atoms with Crippen molar-refractivity contribution in [2.24, 2.45) is 11.3 Å². The Morgan fingerprint density at radius 3 is 2.71 bits per heavy atom. The maximum atomic E-state index is 13.2. The second-order valence-corrected chi connectivity index (χ2v) is 9.67. The van der Waals surface area contributed by atoms with Gasteiger partial charge < -0.3 is 10.6 Å². The van der Waals surface area contributed by atoms with E-state index in [4.69, 9.17) is 0 Å². The van der Waals surface area contributed by atoms with Gasteiger partial charge in [-0.05, 0) is 48.3 Å². The number of hydrogen-bond acceptors (Lipinski definition) is 4. The molecule has 2 aliphatic rings. The minimum atomic E-state index is -0.906. The van der Waals surface area contributed by atoms with E-state index in [1.54, 1.807) is 16.9 Å². The summed E-state index contributed by atoms with van der Waals surface area (Å²) < 4.78 is 1.76. The topological polar surface area (TPSA) is 96.3 Å². The molecule has 0 radical (unpaired) electrons. The molecule has 8 heteroatoms. The van der Waals surface area contributed by atoms with Crippen molar-refractivity contribution in [1.82, 2.24) is 20.0 Å². The number of carbonyl (C=O) groups is 3. The van der Waals surface area contributed by atoms with Crippen molar-refractivity contribution in [3.05, 3.63) is 48.3 Å². The molecule has 0 bridgehead atoms. The zero-order chi connectivity index (χ0) is 22.2.